The largest absolute Gasteiger partial charge is 0.477 e. The molecule has 1 aromatic heterocycles. The quantitative estimate of drug-likeness (QED) is 0.820. The maximum Gasteiger partial charge on any atom is 0.352 e. The predicted octanol–water partition coefficient (Wildman–Crippen LogP) is 4.79. The Morgan fingerprint density at radius 3 is 2.58 bits per heavy atom. The molecule has 0 aliphatic heterocycles. The molecule has 5 heteroatoms. The van der Waals surface area contributed by atoms with Crippen LogP contribution in [0.2, 0.25) is 0 Å². The van der Waals surface area contributed by atoms with E-state index in [9.17, 15) is 9.90 Å². The minimum atomic E-state index is -0.895. The lowest BCUT2D eigenvalue weighted by Crippen LogP contribution is -2.09. The van der Waals surface area contributed by atoms with Gasteiger partial charge in [0.15, 0.2) is 0 Å². The topological polar surface area (TPSA) is 42.2 Å². The van der Waals surface area contributed by atoms with Crippen molar-refractivity contribution in [1.82, 2.24) is 4.57 Å². The number of benzene rings is 1. The van der Waals surface area contributed by atoms with Crippen molar-refractivity contribution in [2.75, 3.05) is 0 Å². The maximum absolute atomic E-state index is 11.2. The van der Waals surface area contributed by atoms with Crippen LogP contribution >= 0.6 is 31.9 Å². The van der Waals surface area contributed by atoms with Gasteiger partial charge in [0.25, 0.3) is 0 Å². The molecule has 0 saturated carbocycles. The van der Waals surface area contributed by atoms with Crippen molar-refractivity contribution in [3.63, 3.8) is 0 Å². The first-order chi connectivity index (χ1) is 9.04. The van der Waals surface area contributed by atoms with Crippen molar-refractivity contribution >= 4 is 37.8 Å². The number of carboxylic acid groups (broad SMARTS) is 1. The molecule has 1 heterocycles. The first-order valence-corrected chi connectivity index (χ1v) is 7.51. The van der Waals surface area contributed by atoms with E-state index in [1.165, 1.54) is 0 Å². The third-order valence-electron chi connectivity index (χ3n) is 2.85. The second kappa shape index (κ2) is 5.92. The summed E-state index contributed by atoms with van der Waals surface area (Å²) in [4.78, 5) is 11.2. The van der Waals surface area contributed by atoms with Crippen LogP contribution in [0.4, 0.5) is 0 Å². The summed E-state index contributed by atoms with van der Waals surface area (Å²) < 4.78 is 3.76. The molecule has 0 atom stereocenters. The first kappa shape index (κ1) is 14.3. The van der Waals surface area contributed by atoms with Gasteiger partial charge < -0.3 is 9.67 Å². The van der Waals surface area contributed by atoms with Gasteiger partial charge in [-0.2, -0.15) is 0 Å². The Morgan fingerprint density at radius 2 is 2.00 bits per heavy atom. The summed E-state index contributed by atoms with van der Waals surface area (Å²) in [5.74, 6) is -0.895. The van der Waals surface area contributed by atoms with E-state index < -0.39 is 5.97 Å². The van der Waals surface area contributed by atoms with Crippen molar-refractivity contribution < 1.29 is 9.90 Å². The average molecular weight is 387 g/mol. The summed E-state index contributed by atoms with van der Waals surface area (Å²) in [6.45, 7) is 2.72. The van der Waals surface area contributed by atoms with Crippen molar-refractivity contribution in [3.05, 3.63) is 45.0 Å². The minimum absolute atomic E-state index is 0.326. The second-order valence-electron chi connectivity index (χ2n) is 4.18. The van der Waals surface area contributed by atoms with Gasteiger partial charge in [-0.1, -0.05) is 44.8 Å². The molecule has 0 radical (unpaired) electrons. The molecule has 2 rings (SSSR count). The fraction of sp³-hybridized carbons (Fsp3) is 0.214. The number of halogens is 2. The number of aromatic carboxylic acids is 1. The number of aromatic nitrogens is 1. The molecule has 0 amide bonds. The van der Waals surface area contributed by atoms with Gasteiger partial charge in [0.1, 0.15) is 5.69 Å². The molecule has 1 N–H and O–H groups in total. The van der Waals surface area contributed by atoms with E-state index in [-0.39, 0.29) is 0 Å². The van der Waals surface area contributed by atoms with Crippen molar-refractivity contribution in [1.29, 1.82) is 0 Å². The minimum Gasteiger partial charge on any atom is -0.477 e. The standard InChI is InChI=1S/C14H13Br2NO2/c1-2-7-17-12(5-6-13(17)14(18)19)10-4-3-9(15)8-11(10)16/h3-6,8H,2,7H2,1H3,(H,18,19). The lowest BCUT2D eigenvalue weighted by atomic mass is 10.1. The van der Waals surface area contributed by atoms with E-state index >= 15 is 0 Å². The zero-order valence-corrected chi connectivity index (χ0v) is 13.5. The summed E-state index contributed by atoms with van der Waals surface area (Å²) in [5.41, 5.74) is 2.23. The molecule has 0 fully saturated rings. The summed E-state index contributed by atoms with van der Waals surface area (Å²) in [6, 6.07) is 9.39. The third kappa shape index (κ3) is 2.92. The highest BCUT2D eigenvalue weighted by Gasteiger charge is 2.16. The summed E-state index contributed by atoms with van der Waals surface area (Å²) in [6.07, 6.45) is 0.885. The highest BCUT2D eigenvalue weighted by molar-refractivity contribution is 9.11. The Morgan fingerprint density at radius 1 is 1.26 bits per heavy atom. The smallest absolute Gasteiger partial charge is 0.352 e. The highest BCUT2D eigenvalue weighted by Crippen LogP contribution is 2.32. The van der Waals surface area contributed by atoms with Crippen LogP contribution in [-0.2, 0) is 6.54 Å². The Labute approximate surface area is 128 Å². The van der Waals surface area contributed by atoms with E-state index in [0.29, 0.717) is 12.2 Å². The molecule has 0 saturated heterocycles. The van der Waals surface area contributed by atoms with Crippen LogP contribution in [0, 0.1) is 0 Å². The highest BCUT2D eigenvalue weighted by atomic mass is 79.9. The summed E-state index contributed by atoms with van der Waals surface area (Å²) in [7, 11) is 0. The molecule has 0 aliphatic carbocycles. The Kier molecular flexibility index (Phi) is 4.47. The normalized spacial score (nSPS) is 10.7. The Hall–Kier alpha value is -1.07. The molecule has 0 unspecified atom stereocenters. The second-order valence-corrected chi connectivity index (χ2v) is 5.95. The lowest BCUT2D eigenvalue weighted by Gasteiger charge is -2.12. The van der Waals surface area contributed by atoms with E-state index in [1.807, 2.05) is 35.8 Å². The van der Waals surface area contributed by atoms with Gasteiger partial charge in [0.05, 0.1) is 0 Å². The van der Waals surface area contributed by atoms with Crippen LogP contribution < -0.4 is 0 Å². The number of carboxylic acids is 1. The first-order valence-electron chi connectivity index (χ1n) is 5.92. The number of carbonyl (C=O) groups is 1. The molecule has 19 heavy (non-hydrogen) atoms. The van der Waals surface area contributed by atoms with Gasteiger partial charge in [0, 0.05) is 26.7 Å². The summed E-state index contributed by atoms with van der Waals surface area (Å²) >= 11 is 6.94. The van der Waals surface area contributed by atoms with E-state index in [0.717, 1.165) is 26.6 Å². The number of nitrogens with zero attached hydrogens (tertiary/aromatic N) is 1. The van der Waals surface area contributed by atoms with E-state index in [4.69, 9.17) is 0 Å². The van der Waals surface area contributed by atoms with Crippen molar-refractivity contribution in [3.8, 4) is 11.3 Å². The zero-order valence-electron chi connectivity index (χ0n) is 10.4. The van der Waals surface area contributed by atoms with Gasteiger partial charge in [-0.15, -0.1) is 0 Å². The third-order valence-corrected chi connectivity index (χ3v) is 4.00. The molecule has 0 spiro atoms. The van der Waals surface area contributed by atoms with Gasteiger partial charge in [-0.05, 0) is 30.7 Å². The molecule has 0 bridgehead atoms. The van der Waals surface area contributed by atoms with Gasteiger partial charge in [-0.25, -0.2) is 4.79 Å². The average Bonchev–Trinajstić information content (AvgIpc) is 2.73. The molecular formula is C14H13Br2NO2. The molecule has 2 aromatic rings. The SMILES string of the molecule is CCCn1c(C(=O)O)ccc1-c1ccc(Br)cc1Br. The fourth-order valence-corrected chi connectivity index (χ4v) is 3.30. The van der Waals surface area contributed by atoms with Crippen LogP contribution in [0.3, 0.4) is 0 Å². The number of hydrogen-bond acceptors (Lipinski definition) is 1. The zero-order chi connectivity index (χ0) is 14.0. The number of hydrogen-bond donors (Lipinski definition) is 1. The van der Waals surface area contributed by atoms with Crippen molar-refractivity contribution in [2.24, 2.45) is 0 Å². The lowest BCUT2D eigenvalue weighted by molar-refractivity contribution is 0.0685. The number of rotatable bonds is 4. The molecule has 0 aliphatic rings. The molecule has 1 aromatic carbocycles. The van der Waals surface area contributed by atoms with E-state index in [2.05, 4.69) is 31.9 Å². The van der Waals surface area contributed by atoms with Crippen LogP contribution in [0.15, 0.2) is 39.3 Å². The van der Waals surface area contributed by atoms with Crippen LogP contribution in [0.25, 0.3) is 11.3 Å². The molecular weight excluding hydrogens is 374 g/mol. The molecule has 3 nitrogen and oxygen atoms in total. The monoisotopic (exact) mass is 385 g/mol. The van der Waals surface area contributed by atoms with E-state index in [1.54, 1.807) is 6.07 Å². The fourth-order valence-electron chi connectivity index (χ4n) is 2.05. The van der Waals surface area contributed by atoms with Crippen LogP contribution in [0.5, 0.6) is 0 Å². The van der Waals surface area contributed by atoms with Crippen molar-refractivity contribution in [2.45, 2.75) is 19.9 Å². The van der Waals surface area contributed by atoms with Gasteiger partial charge in [-0.3, -0.25) is 0 Å². The Balaban J connectivity index is 2.58. The Bertz CT molecular complexity index is 620. The van der Waals surface area contributed by atoms with Crippen LogP contribution in [-0.4, -0.2) is 15.6 Å². The van der Waals surface area contributed by atoms with Gasteiger partial charge >= 0.3 is 5.97 Å². The predicted molar refractivity (Wildman–Crippen MR) is 82.5 cm³/mol. The molecule has 100 valence electrons. The summed E-state index contributed by atoms with van der Waals surface area (Å²) in [5, 5.41) is 9.23. The van der Waals surface area contributed by atoms with Crippen LogP contribution in [0.1, 0.15) is 23.8 Å². The maximum atomic E-state index is 11.2. The van der Waals surface area contributed by atoms with Gasteiger partial charge in [0.2, 0.25) is 0 Å².